The average Bonchev–Trinajstić information content (AvgIpc) is 2.99. The van der Waals surface area contributed by atoms with Gasteiger partial charge in [0.2, 0.25) is 0 Å². The number of nitrogens with one attached hydrogen (secondary N) is 1. The van der Waals surface area contributed by atoms with Gasteiger partial charge in [-0.3, -0.25) is 14.5 Å². The minimum absolute atomic E-state index is 0.179. The summed E-state index contributed by atoms with van der Waals surface area (Å²) in [6, 6.07) is 4.77. The SMILES string of the molecule is CC(OC(=O)C1COc2ccc(Cl)cc2C1)C(=O)N1CCNC1=O. The fourth-order valence-corrected chi connectivity index (χ4v) is 2.93. The summed E-state index contributed by atoms with van der Waals surface area (Å²) in [5, 5.41) is 3.10. The van der Waals surface area contributed by atoms with E-state index in [4.69, 9.17) is 21.1 Å². The van der Waals surface area contributed by atoms with Crippen LogP contribution in [0.1, 0.15) is 12.5 Å². The minimum Gasteiger partial charge on any atom is -0.492 e. The third kappa shape index (κ3) is 3.31. The van der Waals surface area contributed by atoms with Crippen LogP contribution in [0.2, 0.25) is 5.02 Å². The van der Waals surface area contributed by atoms with E-state index in [0.717, 1.165) is 10.5 Å². The molecule has 1 saturated heterocycles. The zero-order valence-electron chi connectivity index (χ0n) is 13.1. The maximum absolute atomic E-state index is 12.3. The molecular formula is C16H17ClN2O5. The molecule has 1 fully saturated rings. The number of amides is 3. The van der Waals surface area contributed by atoms with Gasteiger partial charge in [0.15, 0.2) is 6.10 Å². The van der Waals surface area contributed by atoms with Crippen LogP contribution in [-0.2, 0) is 20.7 Å². The number of carbonyl (C=O) groups is 3. The minimum atomic E-state index is -1.03. The van der Waals surface area contributed by atoms with Crippen molar-refractivity contribution in [2.75, 3.05) is 19.7 Å². The predicted octanol–water partition coefficient (Wildman–Crippen LogP) is 1.37. The van der Waals surface area contributed by atoms with Crippen molar-refractivity contribution in [1.29, 1.82) is 0 Å². The number of urea groups is 1. The van der Waals surface area contributed by atoms with Gasteiger partial charge in [0, 0.05) is 18.1 Å². The molecular weight excluding hydrogens is 336 g/mol. The number of carbonyl (C=O) groups excluding carboxylic acids is 3. The van der Waals surface area contributed by atoms with Gasteiger partial charge in [-0.15, -0.1) is 0 Å². The molecule has 0 aromatic heterocycles. The van der Waals surface area contributed by atoms with Crippen molar-refractivity contribution in [1.82, 2.24) is 10.2 Å². The normalized spacial score (nSPS) is 20.7. The second kappa shape index (κ2) is 6.68. The largest absolute Gasteiger partial charge is 0.492 e. The number of esters is 1. The van der Waals surface area contributed by atoms with Crippen molar-refractivity contribution in [3.8, 4) is 5.75 Å². The van der Waals surface area contributed by atoms with Gasteiger partial charge in [-0.05, 0) is 37.1 Å². The van der Waals surface area contributed by atoms with E-state index in [2.05, 4.69) is 5.32 Å². The van der Waals surface area contributed by atoms with E-state index < -0.39 is 29.9 Å². The van der Waals surface area contributed by atoms with E-state index in [1.807, 2.05) is 0 Å². The summed E-state index contributed by atoms with van der Waals surface area (Å²) in [6.45, 7) is 2.32. The standard InChI is InChI=1S/C16H17ClN2O5/c1-9(14(20)19-5-4-18-16(19)22)24-15(21)11-6-10-7-12(17)2-3-13(10)23-8-11/h2-3,7,9,11H,4-6,8H2,1H3,(H,18,22). The zero-order chi connectivity index (χ0) is 17.3. The summed E-state index contributed by atoms with van der Waals surface area (Å²) in [7, 11) is 0. The molecule has 8 heteroatoms. The molecule has 2 aliphatic heterocycles. The molecule has 0 saturated carbocycles. The second-order valence-corrected chi connectivity index (χ2v) is 6.20. The van der Waals surface area contributed by atoms with E-state index in [1.54, 1.807) is 18.2 Å². The number of ether oxygens (including phenoxy) is 2. The molecule has 3 amide bonds. The number of halogens is 1. The Morgan fingerprint density at radius 1 is 1.46 bits per heavy atom. The van der Waals surface area contributed by atoms with Gasteiger partial charge in [-0.1, -0.05) is 11.6 Å². The second-order valence-electron chi connectivity index (χ2n) is 5.77. The van der Waals surface area contributed by atoms with Crippen molar-refractivity contribution in [3.63, 3.8) is 0 Å². The molecule has 128 valence electrons. The van der Waals surface area contributed by atoms with Gasteiger partial charge in [0.05, 0.1) is 5.92 Å². The first-order chi connectivity index (χ1) is 11.5. The molecule has 0 spiro atoms. The molecule has 2 atom stereocenters. The number of rotatable bonds is 3. The highest BCUT2D eigenvalue weighted by molar-refractivity contribution is 6.30. The first kappa shape index (κ1) is 16.6. The number of nitrogens with zero attached hydrogens (tertiary/aromatic N) is 1. The van der Waals surface area contributed by atoms with Gasteiger partial charge < -0.3 is 14.8 Å². The van der Waals surface area contributed by atoms with E-state index in [9.17, 15) is 14.4 Å². The Morgan fingerprint density at radius 2 is 2.25 bits per heavy atom. The number of benzene rings is 1. The molecule has 1 aromatic rings. The molecule has 0 radical (unpaired) electrons. The Morgan fingerprint density at radius 3 is 2.96 bits per heavy atom. The predicted molar refractivity (Wildman–Crippen MR) is 84.8 cm³/mol. The molecule has 0 aliphatic carbocycles. The Bertz CT molecular complexity index is 693. The summed E-state index contributed by atoms with van der Waals surface area (Å²) in [6.07, 6.45) is -0.595. The highest BCUT2D eigenvalue weighted by Crippen LogP contribution is 2.30. The van der Waals surface area contributed by atoms with Crippen LogP contribution in [0.4, 0.5) is 4.79 Å². The van der Waals surface area contributed by atoms with Crippen LogP contribution < -0.4 is 10.1 Å². The molecule has 24 heavy (non-hydrogen) atoms. The smallest absolute Gasteiger partial charge is 0.324 e. The first-order valence-electron chi connectivity index (χ1n) is 7.66. The Labute approximate surface area is 143 Å². The van der Waals surface area contributed by atoms with Gasteiger partial charge in [-0.25, -0.2) is 4.79 Å². The lowest BCUT2D eigenvalue weighted by atomic mass is 9.97. The van der Waals surface area contributed by atoms with Crippen LogP contribution in [-0.4, -0.2) is 48.6 Å². The zero-order valence-corrected chi connectivity index (χ0v) is 13.8. The van der Waals surface area contributed by atoms with E-state index >= 15 is 0 Å². The lowest BCUT2D eigenvalue weighted by Crippen LogP contribution is -2.43. The van der Waals surface area contributed by atoms with Crippen LogP contribution in [0, 0.1) is 5.92 Å². The number of imide groups is 1. The summed E-state index contributed by atoms with van der Waals surface area (Å²) < 4.78 is 10.8. The van der Waals surface area contributed by atoms with Gasteiger partial charge >= 0.3 is 12.0 Å². The fraction of sp³-hybridized carbons (Fsp3) is 0.438. The number of hydrogen-bond donors (Lipinski definition) is 1. The molecule has 2 unspecified atom stereocenters. The lowest BCUT2D eigenvalue weighted by molar-refractivity contribution is -0.162. The summed E-state index contributed by atoms with van der Waals surface area (Å²) in [4.78, 5) is 37.0. The summed E-state index contributed by atoms with van der Waals surface area (Å²) in [5.74, 6) is -0.875. The monoisotopic (exact) mass is 352 g/mol. The molecule has 2 heterocycles. The summed E-state index contributed by atoms with van der Waals surface area (Å²) in [5.41, 5.74) is 0.827. The Hall–Kier alpha value is -2.28. The quantitative estimate of drug-likeness (QED) is 0.831. The third-order valence-corrected chi connectivity index (χ3v) is 4.26. The van der Waals surface area contributed by atoms with Crippen molar-refractivity contribution in [2.45, 2.75) is 19.4 Å². The Kier molecular flexibility index (Phi) is 4.62. The maximum Gasteiger partial charge on any atom is 0.324 e. The molecule has 0 bridgehead atoms. The highest BCUT2D eigenvalue weighted by Gasteiger charge is 2.34. The topological polar surface area (TPSA) is 84.9 Å². The van der Waals surface area contributed by atoms with Gasteiger partial charge in [0.1, 0.15) is 12.4 Å². The van der Waals surface area contributed by atoms with Crippen molar-refractivity contribution in [2.24, 2.45) is 5.92 Å². The van der Waals surface area contributed by atoms with Gasteiger partial charge in [-0.2, -0.15) is 0 Å². The molecule has 7 nitrogen and oxygen atoms in total. The highest BCUT2D eigenvalue weighted by atomic mass is 35.5. The van der Waals surface area contributed by atoms with Crippen LogP contribution >= 0.6 is 11.6 Å². The average molecular weight is 353 g/mol. The van der Waals surface area contributed by atoms with Crippen molar-refractivity contribution >= 4 is 29.5 Å². The van der Waals surface area contributed by atoms with Crippen LogP contribution in [0.5, 0.6) is 5.75 Å². The van der Waals surface area contributed by atoms with Crippen LogP contribution in [0.3, 0.4) is 0 Å². The number of fused-ring (bicyclic) bond motifs is 1. The molecule has 1 N–H and O–H groups in total. The third-order valence-electron chi connectivity index (χ3n) is 4.03. The van der Waals surface area contributed by atoms with Crippen LogP contribution in [0.15, 0.2) is 18.2 Å². The van der Waals surface area contributed by atoms with Gasteiger partial charge in [0.25, 0.3) is 5.91 Å². The van der Waals surface area contributed by atoms with Crippen LogP contribution in [0.25, 0.3) is 0 Å². The van der Waals surface area contributed by atoms with E-state index in [-0.39, 0.29) is 13.2 Å². The molecule has 1 aromatic carbocycles. The Balaban J connectivity index is 1.61. The molecule has 3 rings (SSSR count). The van der Waals surface area contributed by atoms with E-state index in [1.165, 1.54) is 6.92 Å². The first-order valence-corrected chi connectivity index (χ1v) is 8.04. The number of hydrogen-bond acceptors (Lipinski definition) is 5. The van der Waals surface area contributed by atoms with E-state index in [0.29, 0.717) is 23.7 Å². The lowest BCUT2D eigenvalue weighted by Gasteiger charge is -2.26. The van der Waals surface area contributed by atoms with Crippen molar-refractivity contribution in [3.05, 3.63) is 28.8 Å². The molecule has 2 aliphatic rings. The summed E-state index contributed by atoms with van der Waals surface area (Å²) >= 11 is 5.96. The van der Waals surface area contributed by atoms with Crippen molar-refractivity contribution < 1.29 is 23.9 Å². The fourth-order valence-electron chi connectivity index (χ4n) is 2.74. The maximum atomic E-state index is 12.3.